The van der Waals surface area contributed by atoms with Gasteiger partial charge in [-0.2, -0.15) is 0 Å². The third-order valence-electron chi connectivity index (χ3n) is 5.28. The highest BCUT2D eigenvalue weighted by Crippen LogP contribution is 2.41. The van der Waals surface area contributed by atoms with Crippen LogP contribution in [0.4, 0.5) is 5.13 Å². The van der Waals surface area contributed by atoms with Gasteiger partial charge in [-0.3, -0.25) is 19.5 Å². The quantitative estimate of drug-likeness (QED) is 0.0599. The van der Waals surface area contributed by atoms with Crippen LogP contribution in [0.3, 0.4) is 0 Å². The van der Waals surface area contributed by atoms with Crippen LogP contribution >= 0.6 is 34.9 Å². The van der Waals surface area contributed by atoms with Gasteiger partial charge < -0.3 is 32.5 Å². The van der Waals surface area contributed by atoms with E-state index in [0.29, 0.717) is 23.0 Å². The van der Waals surface area contributed by atoms with Gasteiger partial charge in [-0.15, -0.1) is 28.2 Å². The summed E-state index contributed by atoms with van der Waals surface area (Å²) in [4.78, 5) is 52.4. The van der Waals surface area contributed by atoms with Crippen LogP contribution in [-0.2, 0) is 25.8 Å². The lowest BCUT2D eigenvalue weighted by atomic mass is 10.0. The molecular formula is C19H24N12O5S3. The molecule has 0 aliphatic carbocycles. The predicted molar refractivity (Wildman–Crippen MR) is 144 cm³/mol. The largest absolute Gasteiger partial charge is 0.477 e. The zero-order chi connectivity index (χ0) is 28.1. The van der Waals surface area contributed by atoms with Crippen LogP contribution in [0.1, 0.15) is 12.6 Å². The number of nitrogens with zero attached hydrogens (tertiary/aromatic N) is 8. The summed E-state index contributed by atoms with van der Waals surface area (Å²) in [5, 5.41) is 29.5. The topological polar surface area (TPSA) is 255 Å². The molecule has 0 unspecified atom stereocenters. The number of thioether (sulfide) groups is 2. The Morgan fingerprint density at radius 1 is 1.38 bits per heavy atom. The number of nitrogens with two attached hydrogens (primary N) is 3. The predicted octanol–water partition coefficient (Wildman–Crippen LogP) is -1.74. The van der Waals surface area contributed by atoms with Crippen molar-refractivity contribution in [1.29, 1.82) is 0 Å². The van der Waals surface area contributed by atoms with Gasteiger partial charge >= 0.3 is 5.97 Å². The molecule has 4 heterocycles. The number of carbonyl (C=O) groups excluding carboxylic acids is 2. The zero-order valence-corrected chi connectivity index (χ0v) is 22.8. The van der Waals surface area contributed by atoms with Crippen molar-refractivity contribution in [2.45, 2.75) is 30.0 Å². The van der Waals surface area contributed by atoms with Gasteiger partial charge in [0.25, 0.3) is 11.8 Å². The van der Waals surface area contributed by atoms with E-state index in [1.807, 2.05) is 0 Å². The maximum Gasteiger partial charge on any atom is 0.352 e. The van der Waals surface area contributed by atoms with E-state index < -0.39 is 29.2 Å². The molecule has 2 aliphatic rings. The van der Waals surface area contributed by atoms with E-state index in [9.17, 15) is 19.5 Å². The first-order valence-corrected chi connectivity index (χ1v) is 14.2. The van der Waals surface area contributed by atoms with Crippen molar-refractivity contribution < 1.29 is 24.3 Å². The summed E-state index contributed by atoms with van der Waals surface area (Å²) in [5.41, 5.74) is 16.8. The summed E-state index contributed by atoms with van der Waals surface area (Å²) in [6.45, 7) is 2.50. The second kappa shape index (κ2) is 12.3. The number of oxime groups is 1. The number of nitrogens with one attached hydrogen (secondary N) is 1. The third-order valence-corrected chi connectivity index (χ3v) is 8.34. The van der Waals surface area contributed by atoms with Gasteiger partial charge in [0.2, 0.25) is 5.16 Å². The Bertz CT molecular complexity index is 1350. The molecule has 2 aromatic rings. The molecule has 0 radical (unpaired) electrons. The smallest absolute Gasteiger partial charge is 0.352 e. The van der Waals surface area contributed by atoms with Crippen molar-refractivity contribution in [2.75, 3.05) is 30.4 Å². The summed E-state index contributed by atoms with van der Waals surface area (Å²) < 4.78 is 1.49. The SMILES string of the molecule is CCON=C(C(=O)N[C@@H]1C(=O)N2C(C(=O)O)=C(CSc3nnnn3CCN=C(N)N)CS[C@@H]12)c1csc(N)n1. The number of carboxylic acid groups (broad SMARTS) is 1. The molecule has 8 N–H and O–H groups in total. The molecule has 20 heteroatoms. The molecule has 2 atom stereocenters. The number of aliphatic carboxylic acids is 1. The highest BCUT2D eigenvalue weighted by molar-refractivity contribution is 8.01. The van der Waals surface area contributed by atoms with Crippen molar-refractivity contribution in [3.05, 3.63) is 22.3 Å². The second-order valence-corrected chi connectivity index (χ2v) is 10.8. The summed E-state index contributed by atoms with van der Waals surface area (Å²) in [7, 11) is 0. The Hall–Kier alpha value is -3.91. The molecule has 0 bridgehead atoms. The number of aliphatic imine (C=N–C) groups is 1. The van der Waals surface area contributed by atoms with E-state index >= 15 is 0 Å². The minimum Gasteiger partial charge on any atom is -0.477 e. The number of anilines is 1. The number of amides is 2. The number of β-lactam (4-membered cyclic amide) rings is 1. The van der Waals surface area contributed by atoms with E-state index in [1.165, 1.54) is 33.1 Å². The van der Waals surface area contributed by atoms with E-state index in [0.717, 1.165) is 11.3 Å². The Morgan fingerprint density at radius 2 is 2.18 bits per heavy atom. The fourth-order valence-corrected chi connectivity index (χ4v) is 6.54. The van der Waals surface area contributed by atoms with Crippen LogP contribution in [-0.4, -0.2) is 101 Å². The number of carbonyl (C=O) groups is 3. The lowest BCUT2D eigenvalue weighted by molar-refractivity contribution is -0.150. The number of hydrogen-bond acceptors (Lipinski definition) is 14. The average molecular weight is 597 g/mol. The normalized spacial score (nSPS) is 18.8. The Labute approximate surface area is 233 Å². The number of tetrazole rings is 1. The number of guanidine groups is 1. The van der Waals surface area contributed by atoms with Crippen LogP contribution < -0.4 is 22.5 Å². The zero-order valence-electron chi connectivity index (χ0n) is 20.4. The Balaban J connectivity index is 1.45. The van der Waals surface area contributed by atoms with Crippen molar-refractivity contribution >= 4 is 69.4 Å². The van der Waals surface area contributed by atoms with Crippen molar-refractivity contribution in [3.8, 4) is 0 Å². The maximum absolute atomic E-state index is 13.0. The first-order valence-electron chi connectivity index (χ1n) is 11.3. The fraction of sp³-hybridized carbons (Fsp3) is 0.421. The number of thiazole rings is 1. The molecule has 0 spiro atoms. The van der Waals surface area contributed by atoms with Gasteiger partial charge in [-0.05, 0) is 22.9 Å². The van der Waals surface area contributed by atoms with Gasteiger partial charge in [-0.1, -0.05) is 16.9 Å². The van der Waals surface area contributed by atoms with E-state index in [-0.39, 0.29) is 47.1 Å². The number of hydrogen-bond donors (Lipinski definition) is 5. The minimum absolute atomic E-state index is 0.0540. The van der Waals surface area contributed by atoms with Crippen LogP contribution in [0.25, 0.3) is 0 Å². The number of nitrogen functional groups attached to an aromatic ring is 1. The van der Waals surface area contributed by atoms with Gasteiger partial charge in [-0.25, -0.2) is 14.5 Å². The third kappa shape index (κ3) is 6.23. The molecule has 0 saturated carbocycles. The Morgan fingerprint density at radius 3 is 2.85 bits per heavy atom. The van der Waals surface area contributed by atoms with E-state index in [4.69, 9.17) is 22.0 Å². The molecule has 2 aliphatic heterocycles. The number of carboxylic acids is 1. The number of aromatic nitrogens is 5. The molecule has 208 valence electrons. The van der Waals surface area contributed by atoms with Gasteiger partial charge in [0, 0.05) is 16.9 Å². The molecule has 1 fully saturated rings. The summed E-state index contributed by atoms with van der Waals surface area (Å²) in [6, 6.07) is -0.961. The molecule has 4 rings (SSSR count). The highest BCUT2D eigenvalue weighted by atomic mass is 32.2. The van der Waals surface area contributed by atoms with Crippen LogP contribution in [0, 0.1) is 0 Å². The molecule has 17 nitrogen and oxygen atoms in total. The van der Waals surface area contributed by atoms with Crippen molar-refractivity contribution in [1.82, 2.24) is 35.4 Å². The molecule has 2 amide bonds. The lowest BCUT2D eigenvalue weighted by Crippen LogP contribution is -2.71. The summed E-state index contributed by atoms with van der Waals surface area (Å²) in [6.07, 6.45) is 0. The molecule has 1 saturated heterocycles. The van der Waals surface area contributed by atoms with E-state index in [2.05, 4.69) is 36.0 Å². The van der Waals surface area contributed by atoms with Gasteiger partial charge in [0.1, 0.15) is 29.4 Å². The van der Waals surface area contributed by atoms with Crippen LogP contribution in [0.15, 0.2) is 32.0 Å². The molecule has 2 aromatic heterocycles. The van der Waals surface area contributed by atoms with Gasteiger partial charge in [0.15, 0.2) is 16.8 Å². The molecule has 39 heavy (non-hydrogen) atoms. The van der Waals surface area contributed by atoms with Crippen molar-refractivity contribution in [2.24, 2.45) is 21.6 Å². The Kier molecular flexibility index (Phi) is 8.86. The van der Waals surface area contributed by atoms with Crippen molar-refractivity contribution in [3.63, 3.8) is 0 Å². The fourth-order valence-electron chi connectivity index (χ4n) is 3.60. The van der Waals surface area contributed by atoms with Crippen LogP contribution in [0.5, 0.6) is 0 Å². The monoisotopic (exact) mass is 596 g/mol. The maximum atomic E-state index is 13.0. The highest BCUT2D eigenvalue weighted by Gasteiger charge is 2.54. The van der Waals surface area contributed by atoms with E-state index in [1.54, 1.807) is 12.3 Å². The number of fused-ring (bicyclic) bond motifs is 1. The number of rotatable bonds is 12. The standard InChI is InChI=1S/C19H24N12O5S3/c1-2-36-27-10(9-7-38-18(22)24-9)13(32)25-11-14(33)31-12(16(34)35)8(5-37-15(11)31)6-39-19-26-28-29-30(19)4-3-23-17(20)21/h7,11,15H,2-6H2,1H3,(H2,22,24)(H,25,32)(H,34,35)(H4,20,21,23)/t11-,15+/m1/s1. The second-order valence-electron chi connectivity index (χ2n) is 7.83. The summed E-state index contributed by atoms with van der Waals surface area (Å²) in [5.74, 6) is -2.02. The van der Waals surface area contributed by atoms with Gasteiger partial charge in [0.05, 0.1) is 13.1 Å². The average Bonchev–Trinajstić information content (AvgIpc) is 3.53. The first-order chi connectivity index (χ1) is 18.7. The summed E-state index contributed by atoms with van der Waals surface area (Å²) >= 11 is 3.67. The molecular weight excluding hydrogens is 572 g/mol. The van der Waals surface area contributed by atoms with Crippen LogP contribution in [0.2, 0.25) is 0 Å². The molecule has 0 aromatic carbocycles. The minimum atomic E-state index is -1.25. The lowest BCUT2D eigenvalue weighted by Gasteiger charge is -2.49. The first kappa shape index (κ1) is 28.1.